The highest BCUT2D eigenvalue weighted by Gasteiger charge is 2.30. The van der Waals surface area contributed by atoms with Crippen molar-refractivity contribution in [1.82, 2.24) is 5.16 Å². The van der Waals surface area contributed by atoms with Crippen molar-refractivity contribution in [2.24, 2.45) is 5.41 Å². The van der Waals surface area contributed by atoms with Gasteiger partial charge in [0.15, 0.2) is 0 Å². The molecule has 0 bridgehead atoms. The molecule has 3 nitrogen and oxygen atoms in total. The summed E-state index contributed by atoms with van der Waals surface area (Å²) in [5.74, 6) is 0.975. The lowest BCUT2D eigenvalue weighted by atomic mass is 9.76. The van der Waals surface area contributed by atoms with Gasteiger partial charge in [0.1, 0.15) is 11.5 Å². The number of fused-ring (bicyclic) bond motifs is 1. The lowest BCUT2D eigenvalue weighted by Gasteiger charge is -2.28. The highest BCUT2D eigenvalue weighted by molar-refractivity contribution is 5.26. The van der Waals surface area contributed by atoms with E-state index in [-0.39, 0.29) is 6.61 Å². The van der Waals surface area contributed by atoms with E-state index in [9.17, 15) is 0 Å². The molecule has 3 heteroatoms. The molecule has 0 spiro atoms. The number of nitrogens with zero attached hydrogens (tertiary/aromatic N) is 1. The van der Waals surface area contributed by atoms with Crippen LogP contribution in [0.2, 0.25) is 0 Å². The molecule has 1 aliphatic rings. The topological polar surface area (TPSA) is 46.3 Å². The molecule has 0 saturated carbocycles. The summed E-state index contributed by atoms with van der Waals surface area (Å²) < 4.78 is 5.16. The molecule has 1 aromatic rings. The SMILES string of the molecule is CC1(C)CCc2onc(CO)c2C1. The minimum atomic E-state index is -0.00505. The average Bonchev–Trinajstić information content (AvgIpc) is 2.44. The van der Waals surface area contributed by atoms with E-state index in [0.717, 1.165) is 36.3 Å². The molecule has 1 heterocycles. The Kier molecular flexibility index (Phi) is 1.91. The summed E-state index contributed by atoms with van der Waals surface area (Å²) in [5, 5.41) is 12.9. The minimum absolute atomic E-state index is 0.00505. The smallest absolute Gasteiger partial charge is 0.140 e. The fourth-order valence-electron chi connectivity index (χ4n) is 1.92. The summed E-state index contributed by atoms with van der Waals surface area (Å²) in [7, 11) is 0. The second kappa shape index (κ2) is 2.84. The molecule has 0 aromatic carbocycles. The molecule has 0 unspecified atom stereocenters. The van der Waals surface area contributed by atoms with Crippen molar-refractivity contribution in [3.8, 4) is 0 Å². The predicted molar refractivity (Wildman–Crippen MR) is 48.2 cm³/mol. The molecule has 0 saturated heterocycles. The Labute approximate surface area is 77.7 Å². The third-order valence-electron chi connectivity index (χ3n) is 2.78. The summed E-state index contributed by atoms with van der Waals surface area (Å²) >= 11 is 0. The number of aromatic nitrogens is 1. The molecule has 0 aliphatic heterocycles. The van der Waals surface area contributed by atoms with Gasteiger partial charge in [0, 0.05) is 12.0 Å². The van der Waals surface area contributed by atoms with Gasteiger partial charge in [0.25, 0.3) is 0 Å². The number of hydrogen-bond acceptors (Lipinski definition) is 3. The maximum absolute atomic E-state index is 9.03. The van der Waals surface area contributed by atoms with Gasteiger partial charge in [-0.15, -0.1) is 0 Å². The van der Waals surface area contributed by atoms with Crippen molar-refractivity contribution in [2.45, 2.75) is 39.7 Å². The lowest BCUT2D eigenvalue weighted by Crippen LogP contribution is -2.21. The maximum Gasteiger partial charge on any atom is 0.140 e. The summed E-state index contributed by atoms with van der Waals surface area (Å²) in [6.45, 7) is 4.48. The molecule has 0 amide bonds. The molecule has 13 heavy (non-hydrogen) atoms. The first kappa shape index (κ1) is 8.75. The Morgan fingerprint density at radius 2 is 2.31 bits per heavy atom. The Hall–Kier alpha value is -0.830. The molecule has 1 aliphatic carbocycles. The third-order valence-corrected chi connectivity index (χ3v) is 2.78. The molecule has 0 fully saturated rings. The van der Waals surface area contributed by atoms with Crippen LogP contribution in [0.5, 0.6) is 0 Å². The first-order chi connectivity index (χ1) is 6.12. The third kappa shape index (κ3) is 1.48. The number of rotatable bonds is 1. The van der Waals surface area contributed by atoms with Gasteiger partial charge in [-0.1, -0.05) is 19.0 Å². The van der Waals surface area contributed by atoms with E-state index >= 15 is 0 Å². The van der Waals surface area contributed by atoms with Crippen molar-refractivity contribution in [1.29, 1.82) is 0 Å². The van der Waals surface area contributed by atoms with Crippen LogP contribution in [0.3, 0.4) is 0 Å². The lowest BCUT2D eigenvalue weighted by molar-refractivity contribution is 0.265. The van der Waals surface area contributed by atoms with Gasteiger partial charge in [0.05, 0.1) is 6.61 Å². The first-order valence-corrected chi connectivity index (χ1v) is 4.69. The highest BCUT2D eigenvalue weighted by atomic mass is 16.5. The zero-order valence-corrected chi connectivity index (χ0v) is 8.13. The van der Waals surface area contributed by atoms with Gasteiger partial charge in [-0.05, 0) is 18.3 Å². The largest absolute Gasteiger partial charge is 0.390 e. The number of aliphatic hydroxyl groups is 1. The van der Waals surface area contributed by atoms with Crippen LogP contribution in [0, 0.1) is 5.41 Å². The van der Waals surface area contributed by atoms with E-state index in [0.29, 0.717) is 5.41 Å². The van der Waals surface area contributed by atoms with Gasteiger partial charge in [-0.2, -0.15) is 0 Å². The Balaban J connectivity index is 2.36. The average molecular weight is 181 g/mol. The Morgan fingerprint density at radius 3 is 3.00 bits per heavy atom. The van der Waals surface area contributed by atoms with E-state index < -0.39 is 0 Å². The molecular formula is C10H15NO2. The van der Waals surface area contributed by atoms with Crippen molar-refractivity contribution in [3.05, 3.63) is 17.0 Å². The highest BCUT2D eigenvalue weighted by Crippen LogP contribution is 2.36. The van der Waals surface area contributed by atoms with E-state index in [2.05, 4.69) is 19.0 Å². The van der Waals surface area contributed by atoms with Crippen LogP contribution in [-0.4, -0.2) is 10.3 Å². The second-order valence-electron chi connectivity index (χ2n) is 4.53. The van der Waals surface area contributed by atoms with Gasteiger partial charge in [-0.25, -0.2) is 0 Å². The number of hydrogen-bond donors (Lipinski definition) is 1. The maximum atomic E-state index is 9.03. The molecule has 1 N–H and O–H groups in total. The minimum Gasteiger partial charge on any atom is -0.390 e. The summed E-state index contributed by atoms with van der Waals surface area (Å²) in [4.78, 5) is 0. The second-order valence-corrected chi connectivity index (χ2v) is 4.53. The fraction of sp³-hybridized carbons (Fsp3) is 0.700. The molecular weight excluding hydrogens is 166 g/mol. The summed E-state index contributed by atoms with van der Waals surface area (Å²) in [5.41, 5.74) is 2.18. The standard InChI is InChI=1S/C10H15NO2/c1-10(2)4-3-9-7(5-10)8(6-12)11-13-9/h12H,3-6H2,1-2H3. The molecule has 2 rings (SSSR count). The van der Waals surface area contributed by atoms with E-state index in [1.165, 1.54) is 0 Å². The van der Waals surface area contributed by atoms with Gasteiger partial charge in [0.2, 0.25) is 0 Å². The van der Waals surface area contributed by atoms with Crippen molar-refractivity contribution >= 4 is 0 Å². The normalized spacial score (nSPS) is 19.9. The monoisotopic (exact) mass is 181 g/mol. The van der Waals surface area contributed by atoms with Crippen molar-refractivity contribution in [3.63, 3.8) is 0 Å². The molecule has 1 aromatic heterocycles. The van der Waals surface area contributed by atoms with Crippen LogP contribution in [0.1, 0.15) is 37.3 Å². The van der Waals surface area contributed by atoms with Crippen molar-refractivity contribution in [2.75, 3.05) is 0 Å². The Bertz CT molecular complexity index is 301. The number of aryl methyl sites for hydroxylation is 1. The molecule has 72 valence electrons. The van der Waals surface area contributed by atoms with Crippen LogP contribution >= 0.6 is 0 Å². The van der Waals surface area contributed by atoms with Gasteiger partial charge in [-0.3, -0.25) is 0 Å². The zero-order chi connectivity index (χ0) is 9.47. The van der Waals surface area contributed by atoms with Crippen LogP contribution in [0.15, 0.2) is 4.52 Å². The molecule has 0 radical (unpaired) electrons. The zero-order valence-electron chi connectivity index (χ0n) is 8.13. The summed E-state index contributed by atoms with van der Waals surface area (Å²) in [6.07, 6.45) is 3.07. The van der Waals surface area contributed by atoms with E-state index in [4.69, 9.17) is 9.63 Å². The number of aliphatic hydroxyl groups excluding tert-OH is 1. The predicted octanol–water partition coefficient (Wildman–Crippen LogP) is 1.68. The fourth-order valence-corrected chi connectivity index (χ4v) is 1.92. The van der Waals surface area contributed by atoms with Gasteiger partial charge < -0.3 is 9.63 Å². The van der Waals surface area contributed by atoms with Gasteiger partial charge >= 0.3 is 0 Å². The molecule has 0 atom stereocenters. The quantitative estimate of drug-likeness (QED) is 0.717. The van der Waals surface area contributed by atoms with Crippen molar-refractivity contribution < 1.29 is 9.63 Å². The van der Waals surface area contributed by atoms with E-state index in [1.54, 1.807) is 0 Å². The van der Waals surface area contributed by atoms with E-state index in [1.807, 2.05) is 0 Å². The van der Waals surface area contributed by atoms with Crippen LogP contribution in [-0.2, 0) is 19.4 Å². The Morgan fingerprint density at radius 1 is 1.54 bits per heavy atom. The van der Waals surface area contributed by atoms with Crippen LogP contribution in [0.25, 0.3) is 0 Å². The summed E-state index contributed by atoms with van der Waals surface area (Å²) in [6, 6.07) is 0. The van der Waals surface area contributed by atoms with Crippen LogP contribution < -0.4 is 0 Å². The van der Waals surface area contributed by atoms with Crippen LogP contribution in [0.4, 0.5) is 0 Å². The first-order valence-electron chi connectivity index (χ1n) is 4.69.